The minimum atomic E-state index is -3.51. The van der Waals surface area contributed by atoms with E-state index in [1.54, 1.807) is 7.11 Å². The van der Waals surface area contributed by atoms with E-state index in [9.17, 15) is 13.2 Å². The molecule has 0 fully saturated rings. The Morgan fingerprint density at radius 2 is 1.71 bits per heavy atom. The standard InChI is InChI=1S/C17H20N2O4S/c1-18-24(21,22)15-10-8-14(9-11-15)17(20)19-12-16(23-2)13-6-4-3-5-7-13/h3-11,16,18H,12H2,1-2H3,(H,19,20). The number of hydrogen-bond donors (Lipinski definition) is 2. The van der Waals surface area contributed by atoms with Gasteiger partial charge in [-0.25, -0.2) is 13.1 Å². The number of methoxy groups -OCH3 is 1. The highest BCUT2D eigenvalue weighted by Gasteiger charge is 2.15. The fraction of sp³-hybridized carbons (Fsp3) is 0.235. The second kappa shape index (κ2) is 8.05. The van der Waals surface area contributed by atoms with Crippen molar-refractivity contribution in [3.8, 4) is 0 Å². The summed E-state index contributed by atoms with van der Waals surface area (Å²) in [6.45, 7) is 0.315. The van der Waals surface area contributed by atoms with Gasteiger partial charge < -0.3 is 10.1 Å². The third-order valence-corrected chi connectivity index (χ3v) is 5.03. The molecule has 6 nitrogen and oxygen atoms in total. The van der Waals surface area contributed by atoms with Crippen LogP contribution in [0.5, 0.6) is 0 Å². The molecule has 0 aromatic heterocycles. The molecule has 0 bridgehead atoms. The van der Waals surface area contributed by atoms with E-state index in [1.807, 2.05) is 30.3 Å². The zero-order valence-electron chi connectivity index (χ0n) is 13.5. The molecular formula is C17H20N2O4S. The molecule has 0 radical (unpaired) electrons. The number of carbonyl (C=O) groups excluding carboxylic acids is 1. The molecule has 2 aromatic carbocycles. The first-order chi connectivity index (χ1) is 11.5. The molecule has 7 heteroatoms. The normalized spacial score (nSPS) is 12.6. The Hall–Kier alpha value is -2.22. The number of sulfonamides is 1. The average molecular weight is 348 g/mol. The first-order valence-corrected chi connectivity index (χ1v) is 8.86. The van der Waals surface area contributed by atoms with E-state index >= 15 is 0 Å². The highest BCUT2D eigenvalue weighted by Crippen LogP contribution is 2.15. The molecule has 24 heavy (non-hydrogen) atoms. The molecule has 0 heterocycles. The molecule has 2 aromatic rings. The van der Waals surface area contributed by atoms with Crippen LogP contribution in [0.1, 0.15) is 22.0 Å². The monoisotopic (exact) mass is 348 g/mol. The second-order valence-corrected chi connectivity index (χ2v) is 6.96. The zero-order chi connectivity index (χ0) is 17.6. The lowest BCUT2D eigenvalue weighted by Gasteiger charge is -2.16. The van der Waals surface area contributed by atoms with Gasteiger partial charge in [0.15, 0.2) is 0 Å². The third kappa shape index (κ3) is 4.41. The van der Waals surface area contributed by atoms with Gasteiger partial charge in [-0.2, -0.15) is 0 Å². The van der Waals surface area contributed by atoms with E-state index < -0.39 is 10.0 Å². The topological polar surface area (TPSA) is 84.5 Å². The third-order valence-electron chi connectivity index (χ3n) is 3.60. The van der Waals surface area contributed by atoms with Crippen LogP contribution in [0.2, 0.25) is 0 Å². The van der Waals surface area contributed by atoms with Gasteiger partial charge in [0.25, 0.3) is 5.91 Å². The van der Waals surface area contributed by atoms with Crippen molar-refractivity contribution in [2.24, 2.45) is 0 Å². The van der Waals surface area contributed by atoms with Crippen molar-refractivity contribution in [3.05, 3.63) is 65.7 Å². The van der Waals surface area contributed by atoms with Crippen LogP contribution in [0.25, 0.3) is 0 Å². The Bertz CT molecular complexity index is 774. The number of benzene rings is 2. The largest absolute Gasteiger partial charge is 0.375 e. The highest BCUT2D eigenvalue weighted by molar-refractivity contribution is 7.89. The molecule has 2 rings (SSSR count). The van der Waals surface area contributed by atoms with Crippen LogP contribution in [0.15, 0.2) is 59.5 Å². The van der Waals surface area contributed by atoms with Gasteiger partial charge in [-0.1, -0.05) is 30.3 Å². The number of hydrogen-bond acceptors (Lipinski definition) is 4. The smallest absolute Gasteiger partial charge is 0.251 e. The van der Waals surface area contributed by atoms with Crippen molar-refractivity contribution in [2.45, 2.75) is 11.0 Å². The second-order valence-electron chi connectivity index (χ2n) is 5.08. The number of rotatable bonds is 7. The van der Waals surface area contributed by atoms with Gasteiger partial charge in [0.05, 0.1) is 11.0 Å². The van der Waals surface area contributed by atoms with Gasteiger partial charge in [-0.3, -0.25) is 4.79 Å². The minimum Gasteiger partial charge on any atom is -0.375 e. The number of amides is 1. The Labute approximate surface area is 141 Å². The van der Waals surface area contributed by atoms with Crippen LogP contribution < -0.4 is 10.0 Å². The summed E-state index contributed by atoms with van der Waals surface area (Å²) in [4.78, 5) is 12.3. The molecule has 1 amide bonds. The lowest BCUT2D eigenvalue weighted by Crippen LogP contribution is -2.29. The van der Waals surface area contributed by atoms with Crippen molar-refractivity contribution in [2.75, 3.05) is 20.7 Å². The van der Waals surface area contributed by atoms with Crippen LogP contribution in [0, 0.1) is 0 Å². The quantitative estimate of drug-likeness (QED) is 0.798. The van der Waals surface area contributed by atoms with Crippen molar-refractivity contribution in [3.63, 3.8) is 0 Å². The van der Waals surface area contributed by atoms with Crippen LogP contribution in [0.4, 0.5) is 0 Å². The molecule has 2 N–H and O–H groups in total. The lowest BCUT2D eigenvalue weighted by molar-refractivity contribution is 0.0828. The summed E-state index contributed by atoms with van der Waals surface area (Å²) in [6.07, 6.45) is -0.251. The van der Waals surface area contributed by atoms with E-state index in [0.29, 0.717) is 12.1 Å². The summed E-state index contributed by atoms with van der Waals surface area (Å²) in [7, 11) is -0.586. The summed E-state index contributed by atoms with van der Waals surface area (Å²) in [6, 6.07) is 15.3. The maximum atomic E-state index is 12.2. The van der Waals surface area contributed by atoms with E-state index in [-0.39, 0.29) is 16.9 Å². The molecule has 0 spiro atoms. The lowest BCUT2D eigenvalue weighted by atomic mass is 10.1. The summed E-state index contributed by atoms with van der Waals surface area (Å²) < 4.78 is 31.0. The van der Waals surface area contributed by atoms with E-state index in [0.717, 1.165) is 5.56 Å². The first kappa shape index (κ1) is 18.1. The zero-order valence-corrected chi connectivity index (χ0v) is 14.3. The summed E-state index contributed by atoms with van der Waals surface area (Å²) in [5.74, 6) is -0.290. The molecule has 0 saturated heterocycles. The minimum absolute atomic E-state index is 0.112. The van der Waals surface area contributed by atoms with E-state index in [2.05, 4.69) is 10.0 Å². The van der Waals surface area contributed by atoms with Crippen LogP contribution in [-0.2, 0) is 14.8 Å². The Morgan fingerprint density at radius 3 is 2.25 bits per heavy atom. The van der Waals surface area contributed by atoms with Crippen LogP contribution >= 0.6 is 0 Å². The summed E-state index contributed by atoms with van der Waals surface area (Å²) >= 11 is 0. The average Bonchev–Trinajstić information content (AvgIpc) is 2.63. The molecule has 0 aliphatic rings. The van der Waals surface area contributed by atoms with E-state index in [4.69, 9.17) is 4.74 Å². The van der Waals surface area contributed by atoms with Crippen molar-refractivity contribution in [1.82, 2.24) is 10.0 Å². The number of ether oxygens (including phenoxy) is 1. The fourth-order valence-corrected chi connectivity index (χ4v) is 2.93. The van der Waals surface area contributed by atoms with E-state index in [1.165, 1.54) is 31.3 Å². The fourth-order valence-electron chi connectivity index (χ4n) is 2.20. The maximum Gasteiger partial charge on any atom is 0.251 e. The SMILES string of the molecule is CNS(=O)(=O)c1ccc(C(=O)NCC(OC)c2ccccc2)cc1. The van der Waals surface area contributed by atoms with Crippen LogP contribution in [0.3, 0.4) is 0 Å². The van der Waals surface area contributed by atoms with Crippen molar-refractivity contribution < 1.29 is 17.9 Å². The molecular weight excluding hydrogens is 328 g/mol. The highest BCUT2D eigenvalue weighted by atomic mass is 32.2. The van der Waals surface area contributed by atoms with Crippen molar-refractivity contribution in [1.29, 1.82) is 0 Å². The predicted octanol–water partition coefficient (Wildman–Crippen LogP) is 1.71. The van der Waals surface area contributed by atoms with Gasteiger partial charge >= 0.3 is 0 Å². The van der Waals surface area contributed by atoms with Gasteiger partial charge in [-0.05, 0) is 36.9 Å². The molecule has 0 saturated carbocycles. The Balaban J connectivity index is 2.02. The number of carbonyl (C=O) groups is 1. The summed E-state index contributed by atoms with van der Waals surface area (Å²) in [5, 5.41) is 2.79. The molecule has 0 aliphatic carbocycles. The van der Waals surface area contributed by atoms with Gasteiger partial charge in [0.2, 0.25) is 10.0 Å². The number of nitrogens with one attached hydrogen (secondary N) is 2. The van der Waals surface area contributed by atoms with Gasteiger partial charge in [0.1, 0.15) is 0 Å². The molecule has 1 atom stereocenters. The van der Waals surface area contributed by atoms with Crippen LogP contribution in [-0.4, -0.2) is 35.0 Å². The molecule has 1 unspecified atom stereocenters. The van der Waals surface area contributed by atoms with Gasteiger partial charge in [-0.15, -0.1) is 0 Å². The first-order valence-electron chi connectivity index (χ1n) is 7.37. The Morgan fingerprint density at radius 1 is 1.08 bits per heavy atom. The van der Waals surface area contributed by atoms with Gasteiger partial charge in [0, 0.05) is 19.2 Å². The predicted molar refractivity (Wildman–Crippen MR) is 91.2 cm³/mol. The maximum absolute atomic E-state index is 12.2. The summed E-state index contributed by atoms with van der Waals surface area (Å²) in [5.41, 5.74) is 1.35. The van der Waals surface area contributed by atoms with Crippen molar-refractivity contribution >= 4 is 15.9 Å². The molecule has 0 aliphatic heterocycles. The molecule has 128 valence electrons. The Kier molecular flexibility index (Phi) is 6.08.